The summed E-state index contributed by atoms with van der Waals surface area (Å²) in [6.45, 7) is 7.87. The van der Waals surface area contributed by atoms with Gasteiger partial charge in [-0.2, -0.15) is 11.8 Å². The van der Waals surface area contributed by atoms with E-state index < -0.39 is 0 Å². The Balaban J connectivity index is 1.52. The van der Waals surface area contributed by atoms with Crippen molar-refractivity contribution in [2.45, 2.75) is 39.8 Å². The summed E-state index contributed by atoms with van der Waals surface area (Å²) in [6.07, 6.45) is 1.71. The van der Waals surface area contributed by atoms with Crippen molar-refractivity contribution < 1.29 is 4.52 Å². The van der Waals surface area contributed by atoms with Gasteiger partial charge in [-0.1, -0.05) is 31.1 Å². The topological polar surface area (TPSA) is 65.7 Å². The fourth-order valence-electron chi connectivity index (χ4n) is 3.36. The number of benzene rings is 1. The SMILES string of the molecule is CCc1noc(CC)c1CNC(=NC)NCc1ccc(N2CCSCC2)cc1. The summed E-state index contributed by atoms with van der Waals surface area (Å²) >= 11 is 2.04. The van der Waals surface area contributed by atoms with Gasteiger partial charge in [-0.3, -0.25) is 4.99 Å². The van der Waals surface area contributed by atoms with E-state index in [2.05, 4.69) is 63.8 Å². The maximum Gasteiger partial charge on any atom is 0.191 e. The second-order valence-electron chi connectivity index (χ2n) is 6.78. The minimum absolute atomic E-state index is 0.668. The molecule has 1 fully saturated rings. The van der Waals surface area contributed by atoms with Crippen LogP contribution in [0.3, 0.4) is 0 Å². The summed E-state index contributed by atoms with van der Waals surface area (Å²) in [5, 5.41) is 10.9. The lowest BCUT2D eigenvalue weighted by Crippen LogP contribution is -2.36. The average molecular weight is 402 g/mol. The first-order valence-electron chi connectivity index (χ1n) is 10.1. The zero-order chi connectivity index (χ0) is 19.8. The summed E-state index contributed by atoms with van der Waals surface area (Å²) in [5.41, 5.74) is 4.73. The van der Waals surface area contributed by atoms with Crippen molar-refractivity contribution >= 4 is 23.4 Å². The number of guanidine groups is 1. The number of rotatable bonds is 7. The maximum absolute atomic E-state index is 5.44. The number of hydrogen-bond donors (Lipinski definition) is 2. The fourth-order valence-corrected chi connectivity index (χ4v) is 4.27. The lowest BCUT2D eigenvalue weighted by molar-refractivity contribution is 0.380. The molecular weight excluding hydrogens is 370 g/mol. The van der Waals surface area contributed by atoms with E-state index in [9.17, 15) is 0 Å². The monoisotopic (exact) mass is 401 g/mol. The third kappa shape index (κ3) is 5.22. The molecule has 28 heavy (non-hydrogen) atoms. The first kappa shape index (κ1) is 20.6. The van der Waals surface area contributed by atoms with Crippen LogP contribution in [0.25, 0.3) is 0 Å². The molecular formula is C21H31N5OS. The summed E-state index contributed by atoms with van der Waals surface area (Å²) in [6, 6.07) is 8.84. The number of aryl methyl sites for hydroxylation is 2. The zero-order valence-electron chi connectivity index (χ0n) is 17.1. The van der Waals surface area contributed by atoms with Gasteiger partial charge in [0.1, 0.15) is 5.76 Å². The second-order valence-corrected chi connectivity index (χ2v) is 8.01. The molecule has 2 N–H and O–H groups in total. The normalized spacial score (nSPS) is 15.0. The van der Waals surface area contributed by atoms with Gasteiger partial charge in [-0.05, 0) is 24.1 Å². The number of aromatic nitrogens is 1. The first-order valence-corrected chi connectivity index (χ1v) is 11.2. The standard InChI is InChI=1S/C21H31N5OS/c1-4-19-18(20(5-2)27-25-19)15-24-21(22-3)23-14-16-6-8-17(9-7-16)26-10-12-28-13-11-26/h6-9H,4-5,10-15H2,1-3H3,(H2,22,23,24). The van der Waals surface area contributed by atoms with Crippen molar-refractivity contribution in [2.75, 3.05) is 36.5 Å². The lowest BCUT2D eigenvalue weighted by atomic mass is 10.1. The second kappa shape index (κ2) is 10.4. The van der Waals surface area contributed by atoms with Gasteiger partial charge in [0.25, 0.3) is 0 Å². The maximum atomic E-state index is 5.44. The molecule has 2 heterocycles. The van der Waals surface area contributed by atoms with Crippen molar-refractivity contribution in [1.29, 1.82) is 0 Å². The van der Waals surface area contributed by atoms with Gasteiger partial charge in [0.2, 0.25) is 0 Å². The minimum Gasteiger partial charge on any atom is -0.370 e. The molecule has 0 spiro atoms. The third-order valence-electron chi connectivity index (χ3n) is 5.04. The molecule has 152 valence electrons. The average Bonchev–Trinajstić information content (AvgIpc) is 3.17. The van der Waals surface area contributed by atoms with Crippen molar-refractivity contribution in [3.8, 4) is 0 Å². The van der Waals surface area contributed by atoms with E-state index in [1.807, 2.05) is 11.8 Å². The number of nitrogens with one attached hydrogen (secondary N) is 2. The van der Waals surface area contributed by atoms with Gasteiger partial charge in [-0.15, -0.1) is 0 Å². The van der Waals surface area contributed by atoms with E-state index >= 15 is 0 Å². The van der Waals surface area contributed by atoms with Crippen LogP contribution in [0, 0.1) is 0 Å². The van der Waals surface area contributed by atoms with Crippen LogP contribution >= 0.6 is 11.8 Å². The molecule has 2 aromatic rings. The van der Waals surface area contributed by atoms with Crippen LogP contribution in [0.2, 0.25) is 0 Å². The van der Waals surface area contributed by atoms with E-state index in [0.717, 1.165) is 55.5 Å². The number of hydrogen-bond acceptors (Lipinski definition) is 5. The first-order chi connectivity index (χ1) is 13.7. The van der Waals surface area contributed by atoms with Crippen molar-refractivity contribution in [1.82, 2.24) is 15.8 Å². The lowest BCUT2D eigenvalue weighted by Gasteiger charge is -2.28. The van der Waals surface area contributed by atoms with Crippen LogP contribution in [0.1, 0.15) is 36.4 Å². The Kier molecular flexibility index (Phi) is 7.65. The summed E-state index contributed by atoms with van der Waals surface area (Å²) in [4.78, 5) is 6.80. The van der Waals surface area contributed by atoms with Crippen LogP contribution in [-0.2, 0) is 25.9 Å². The molecule has 0 aliphatic carbocycles. The van der Waals surface area contributed by atoms with Gasteiger partial charge in [0, 0.05) is 62.4 Å². The van der Waals surface area contributed by atoms with Gasteiger partial charge in [0.05, 0.1) is 5.69 Å². The van der Waals surface area contributed by atoms with Crippen LogP contribution in [0.15, 0.2) is 33.8 Å². The molecule has 7 heteroatoms. The molecule has 1 aliphatic rings. The molecule has 0 saturated carbocycles. The van der Waals surface area contributed by atoms with E-state index in [0.29, 0.717) is 6.54 Å². The fraction of sp³-hybridized carbons (Fsp3) is 0.524. The summed E-state index contributed by atoms with van der Waals surface area (Å²) in [7, 11) is 1.79. The molecule has 0 unspecified atom stereocenters. The molecule has 3 rings (SSSR count). The van der Waals surface area contributed by atoms with Gasteiger partial charge in [-0.25, -0.2) is 0 Å². The molecule has 6 nitrogen and oxygen atoms in total. The zero-order valence-corrected chi connectivity index (χ0v) is 17.9. The number of nitrogens with zero attached hydrogens (tertiary/aromatic N) is 3. The van der Waals surface area contributed by atoms with Gasteiger partial charge >= 0.3 is 0 Å². The highest BCUT2D eigenvalue weighted by Crippen LogP contribution is 2.20. The molecule has 1 aliphatic heterocycles. The van der Waals surface area contributed by atoms with Gasteiger partial charge < -0.3 is 20.1 Å². The molecule has 0 amide bonds. The Bertz CT molecular complexity index is 744. The molecule has 1 saturated heterocycles. The predicted molar refractivity (Wildman–Crippen MR) is 118 cm³/mol. The Labute approximate surface area is 172 Å². The largest absolute Gasteiger partial charge is 0.370 e. The highest BCUT2D eigenvalue weighted by Gasteiger charge is 2.14. The van der Waals surface area contributed by atoms with Crippen molar-refractivity contribution in [3.63, 3.8) is 0 Å². The number of anilines is 1. The smallest absolute Gasteiger partial charge is 0.191 e. The molecule has 0 bridgehead atoms. The van der Waals surface area contributed by atoms with Crippen LogP contribution in [0.4, 0.5) is 5.69 Å². The van der Waals surface area contributed by atoms with E-state index in [1.54, 1.807) is 7.05 Å². The highest BCUT2D eigenvalue weighted by molar-refractivity contribution is 7.99. The third-order valence-corrected chi connectivity index (χ3v) is 5.98. The van der Waals surface area contributed by atoms with Crippen LogP contribution in [0.5, 0.6) is 0 Å². The van der Waals surface area contributed by atoms with E-state index in [4.69, 9.17) is 4.52 Å². The summed E-state index contributed by atoms with van der Waals surface area (Å²) < 4.78 is 5.44. The summed E-state index contributed by atoms with van der Waals surface area (Å²) in [5.74, 6) is 4.17. The molecule has 1 aromatic heterocycles. The van der Waals surface area contributed by atoms with E-state index in [-0.39, 0.29) is 0 Å². The Morgan fingerprint density at radius 1 is 1.11 bits per heavy atom. The van der Waals surface area contributed by atoms with Crippen molar-refractivity contribution in [2.24, 2.45) is 4.99 Å². The van der Waals surface area contributed by atoms with Gasteiger partial charge in [0.15, 0.2) is 5.96 Å². The van der Waals surface area contributed by atoms with Crippen LogP contribution < -0.4 is 15.5 Å². The molecule has 0 radical (unpaired) electrons. The van der Waals surface area contributed by atoms with E-state index in [1.165, 1.54) is 22.8 Å². The Hall–Kier alpha value is -2.15. The highest BCUT2D eigenvalue weighted by atomic mass is 32.2. The quantitative estimate of drug-likeness (QED) is 0.549. The Morgan fingerprint density at radius 2 is 1.82 bits per heavy atom. The molecule has 0 atom stereocenters. The molecule has 1 aromatic carbocycles. The van der Waals surface area contributed by atoms with Crippen LogP contribution in [-0.4, -0.2) is 42.8 Å². The number of aliphatic imine (C=N–C) groups is 1. The minimum atomic E-state index is 0.668. The predicted octanol–water partition coefficient (Wildman–Crippen LogP) is 3.22. The van der Waals surface area contributed by atoms with Crippen molar-refractivity contribution in [3.05, 3.63) is 46.8 Å². The number of thioether (sulfide) groups is 1. The Morgan fingerprint density at radius 3 is 2.46 bits per heavy atom.